The zero-order valence-electron chi connectivity index (χ0n) is 11.3. The van der Waals surface area contributed by atoms with Gasteiger partial charge in [-0.3, -0.25) is 4.79 Å². The highest BCUT2D eigenvalue weighted by molar-refractivity contribution is 6.34. The van der Waals surface area contributed by atoms with Crippen molar-refractivity contribution in [3.05, 3.63) is 63.3 Å². The molecule has 0 amide bonds. The van der Waals surface area contributed by atoms with Gasteiger partial charge in [-0.1, -0.05) is 17.7 Å². The summed E-state index contributed by atoms with van der Waals surface area (Å²) in [7, 11) is 0. The van der Waals surface area contributed by atoms with Crippen molar-refractivity contribution in [1.29, 1.82) is 0 Å². The number of hydrogen-bond acceptors (Lipinski definition) is 3. The zero-order chi connectivity index (χ0) is 16.8. The van der Waals surface area contributed by atoms with Gasteiger partial charge in [0.2, 0.25) is 0 Å². The molecule has 0 aliphatic rings. The minimum Gasteiger partial charge on any atom is -0.507 e. The van der Waals surface area contributed by atoms with Crippen LogP contribution >= 0.6 is 11.6 Å². The van der Waals surface area contributed by atoms with E-state index in [1.54, 1.807) is 6.07 Å². The molecule has 2 aromatic carbocycles. The van der Waals surface area contributed by atoms with E-state index in [4.69, 9.17) is 16.0 Å². The lowest BCUT2D eigenvalue weighted by Crippen LogP contribution is -2.05. The lowest BCUT2D eigenvalue weighted by Gasteiger charge is -2.10. The molecule has 23 heavy (non-hydrogen) atoms. The van der Waals surface area contributed by atoms with Crippen molar-refractivity contribution >= 4 is 22.6 Å². The minimum atomic E-state index is -4.58. The molecule has 3 rings (SSSR count). The van der Waals surface area contributed by atoms with Gasteiger partial charge in [-0.25, -0.2) is 0 Å². The standard InChI is InChI=1S/C16H8ClF3O3/c17-11-3-1-2-10-13(22)7-14(23-15(10)11)9-5-4-8(6-12(9)21)16(18,19)20/h1-7,21H. The van der Waals surface area contributed by atoms with E-state index in [0.717, 1.165) is 18.2 Å². The molecule has 0 spiro atoms. The molecule has 1 heterocycles. The molecule has 0 bridgehead atoms. The van der Waals surface area contributed by atoms with E-state index in [1.165, 1.54) is 12.1 Å². The molecule has 1 aromatic heterocycles. The molecule has 0 aliphatic heterocycles. The summed E-state index contributed by atoms with van der Waals surface area (Å²) >= 11 is 5.97. The SMILES string of the molecule is O=c1cc(-c2ccc(C(F)(F)F)cc2O)oc2c(Cl)cccc12. The Morgan fingerprint density at radius 1 is 1.09 bits per heavy atom. The predicted octanol–water partition coefficient (Wildman–Crippen LogP) is 4.84. The van der Waals surface area contributed by atoms with Crippen LogP contribution in [0.1, 0.15) is 5.56 Å². The third-order valence-corrected chi connectivity index (χ3v) is 3.59. The van der Waals surface area contributed by atoms with Gasteiger partial charge in [0.25, 0.3) is 0 Å². The Labute approximate surface area is 132 Å². The number of para-hydroxylation sites is 1. The van der Waals surface area contributed by atoms with Crippen LogP contribution in [0.3, 0.4) is 0 Å². The van der Waals surface area contributed by atoms with E-state index in [9.17, 15) is 23.1 Å². The number of halogens is 4. The van der Waals surface area contributed by atoms with E-state index >= 15 is 0 Å². The van der Waals surface area contributed by atoms with Crippen LogP contribution in [0.5, 0.6) is 5.75 Å². The van der Waals surface area contributed by atoms with Crippen LogP contribution in [0, 0.1) is 0 Å². The Kier molecular flexibility index (Phi) is 3.56. The molecular formula is C16H8ClF3O3. The molecule has 3 aromatic rings. The molecule has 118 valence electrons. The van der Waals surface area contributed by atoms with Gasteiger partial charge in [0.15, 0.2) is 11.0 Å². The van der Waals surface area contributed by atoms with E-state index < -0.39 is 22.9 Å². The predicted molar refractivity (Wildman–Crippen MR) is 79.6 cm³/mol. The van der Waals surface area contributed by atoms with Crippen LogP contribution in [-0.4, -0.2) is 5.11 Å². The summed E-state index contributed by atoms with van der Waals surface area (Å²) in [5.41, 5.74) is -1.34. The van der Waals surface area contributed by atoms with Crippen molar-refractivity contribution in [3.63, 3.8) is 0 Å². The minimum absolute atomic E-state index is 0.0306. The number of benzene rings is 2. The van der Waals surface area contributed by atoms with Crippen LogP contribution in [0.15, 0.2) is 51.7 Å². The van der Waals surface area contributed by atoms with Crippen molar-refractivity contribution in [3.8, 4) is 17.1 Å². The first kappa shape index (κ1) is 15.4. The molecule has 0 atom stereocenters. The van der Waals surface area contributed by atoms with Gasteiger partial charge in [-0.15, -0.1) is 0 Å². The van der Waals surface area contributed by atoms with E-state index in [1.807, 2.05) is 0 Å². The molecule has 0 fully saturated rings. The number of aromatic hydroxyl groups is 1. The topological polar surface area (TPSA) is 50.4 Å². The maximum absolute atomic E-state index is 12.6. The smallest absolute Gasteiger partial charge is 0.416 e. The largest absolute Gasteiger partial charge is 0.507 e. The fourth-order valence-corrected chi connectivity index (χ4v) is 2.41. The monoisotopic (exact) mass is 340 g/mol. The number of phenolic OH excluding ortho intramolecular Hbond substituents is 1. The van der Waals surface area contributed by atoms with E-state index in [-0.39, 0.29) is 27.3 Å². The van der Waals surface area contributed by atoms with Gasteiger partial charge < -0.3 is 9.52 Å². The molecule has 0 radical (unpaired) electrons. The van der Waals surface area contributed by atoms with Gasteiger partial charge in [0, 0.05) is 6.07 Å². The zero-order valence-corrected chi connectivity index (χ0v) is 12.1. The number of hydrogen-bond donors (Lipinski definition) is 1. The van der Waals surface area contributed by atoms with Gasteiger partial charge in [0.1, 0.15) is 11.5 Å². The third-order valence-electron chi connectivity index (χ3n) is 3.30. The van der Waals surface area contributed by atoms with Crippen LogP contribution in [0.4, 0.5) is 13.2 Å². The highest BCUT2D eigenvalue weighted by atomic mass is 35.5. The Morgan fingerprint density at radius 2 is 1.83 bits per heavy atom. The highest BCUT2D eigenvalue weighted by Gasteiger charge is 2.31. The van der Waals surface area contributed by atoms with Gasteiger partial charge in [-0.05, 0) is 30.3 Å². The Bertz CT molecular complexity index is 961. The first-order valence-corrected chi connectivity index (χ1v) is 6.78. The Morgan fingerprint density at radius 3 is 2.48 bits per heavy atom. The van der Waals surface area contributed by atoms with Crippen LogP contribution in [0.25, 0.3) is 22.3 Å². The summed E-state index contributed by atoms with van der Waals surface area (Å²) in [5, 5.41) is 10.3. The van der Waals surface area contributed by atoms with Crippen molar-refractivity contribution in [2.24, 2.45) is 0 Å². The van der Waals surface area contributed by atoms with Crippen LogP contribution in [-0.2, 0) is 6.18 Å². The maximum atomic E-state index is 12.6. The summed E-state index contributed by atoms with van der Waals surface area (Å²) < 4.78 is 43.4. The molecule has 3 nitrogen and oxygen atoms in total. The molecular weight excluding hydrogens is 333 g/mol. The number of rotatable bonds is 1. The lowest BCUT2D eigenvalue weighted by atomic mass is 10.1. The molecule has 0 aliphatic carbocycles. The van der Waals surface area contributed by atoms with Crippen molar-refractivity contribution in [1.82, 2.24) is 0 Å². The summed E-state index contributed by atoms with van der Waals surface area (Å²) in [6.45, 7) is 0. The molecule has 1 N–H and O–H groups in total. The van der Waals surface area contributed by atoms with Gasteiger partial charge >= 0.3 is 6.18 Å². The van der Waals surface area contributed by atoms with E-state index in [0.29, 0.717) is 6.07 Å². The number of phenols is 1. The maximum Gasteiger partial charge on any atom is 0.416 e. The van der Waals surface area contributed by atoms with E-state index in [2.05, 4.69) is 0 Å². The highest BCUT2D eigenvalue weighted by Crippen LogP contribution is 2.37. The molecule has 0 saturated heterocycles. The van der Waals surface area contributed by atoms with Gasteiger partial charge in [-0.2, -0.15) is 13.2 Å². The summed E-state index contributed by atoms with van der Waals surface area (Å²) in [6.07, 6.45) is -4.58. The second-order valence-corrected chi connectivity index (χ2v) is 5.23. The summed E-state index contributed by atoms with van der Waals surface area (Å²) in [4.78, 5) is 12.1. The Balaban J connectivity index is 2.22. The number of alkyl halides is 3. The summed E-state index contributed by atoms with van der Waals surface area (Å²) in [6, 6.07) is 8.13. The van der Waals surface area contributed by atoms with Crippen molar-refractivity contribution in [2.75, 3.05) is 0 Å². The lowest BCUT2D eigenvalue weighted by molar-refractivity contribution is -0.137. The fourth-order valence-electron chi connectivity index (χ4n) is 2.19. The van der Waals surface area contributed by atoms with Crippen molar-refractivity contribution in [2.45, 2.75) is 6.18 Å². The van der Waals surface area contributed by atoms with Crippen molar-refractivity contribution < 1.29 is 22.7 Å². The third kappa shape index (κ3) is 2.77. The Hall–Kier alpha value is -2.47. The molecule has 0 unspecified atom stereocenters. The molecule has 7 heteroatoms. The normalized spacial score (nSPS) is 11.8. The summed E-state index contributed by atoms with van der Waals surface area (Å²) in [5.74, 6) is -0.712. The van der Waals surface area contributed by atoms with Crippen LogP contribution in [0.2, 0.25) is 5.02 Å². The second kappa shape index (κ2) is 5.31. The average Bonchev–Trinajstić information content (AvgIpc) is 2.47. The second-order valence-electron chi connectivity index (χ2n) is 4.82. The first-order valence-electron chi connectivity index (χ1n) is 6.40. The quantitative estimate of drug-likeness (QED) is 0.689. The first-order chi connectivity index (χ1) is 10.8. The molecule has 0 saturated carbocycles. The number of fused-ring (bicyclic) bond motifs is 1. The average molecular weight is 341 g/mol. The fraction of sp³-hybridized carbons (Fsp3) is 0.0625. The van der Waals surface area contributed by atoms with Gasteiger partial charge in [0.05, 0.1) is 21.5 Å². The van der Waals surface area contributed by atoms with Crippen LogP contribution < -0.4 is 5.43 Å².